The number of amides is 1. The largest absolute Gasteiger partial charge is 0.444 e. The first kappa shape index (κ1) is 21.0. The van der Waals surface area contributed by atoms with Gasteiger partial charge in [0.2, 0.25) is 0 Å². The molecule has 6 nitrogen and oxygen atoms in total. The molecular formula is C19H29NO5. The minimum atomic E-state index is -0.574. The summed E-state index contributed by atoms with van der Waals surface area (Å²) < 4.78 is 15.7. The summed E-state index contributed by atoms with van der Waals surface area (Å²) in [4.78, 5) is 24.0. The van der Waals surface area contributed by atoms with Crippen LogP contribution in [-0.4, -0.2) is 31.4 Å². The van der Waals surface area contributed by atoms with Gasteiger partial charge in [-0.25, -0.2) is 4.79 Å². The number of carbonyl (C=O) groups excluding carboxylic acids is 2. The summed E-state index contributed by atoms with van der Waals surface area (Å²) in [6.45, 7) is 7.88. The first-order valence-electron chi connectivity index (χ1n) is 8.55. The van der Waals surface area contributed by atoms with Crippen LogP contribution >= 0.6 is 0 Å². The molecule has 0 aliphatic carbocycles. The molecule has 0 heterocycles. The molecule has 6 heteroatoms. The molecule has 0 aliphatic heterocycles. The maximum absolute atomic E-state index is 12.1. The Kier molecular flexibility index (Phi) is 8.41. The van der Waals surface area contributed by atoms with Crippen LogP contribution in [0.5, 0.6) is 5.75 Å². The van der Waals surface area contributed by atoms with Crippen LogP contribution in [0.25, 0.3) is 0 Å². The van der Waals surface area contributed by atoms with Gasteiger partial charge in [-0.15, -0.1) is 0 Å². The molecule has 0 radical (unpaired) electrons. The van der Waals surface area contributed by atoms with Crippen LogP contribution < -0.4 is 10.1 Å². The van der Waals surface area contributed by atoms with Gasteiger partial charge in [0.1, 0.15) is 11.4 Å². The molecule has 1 N–H and O–H groups in total. The molecule has 0 aliphatic rings. The molecule has 25 heavy (non-hydrogen) atoms. The summed E-state index contributed by atoms with van der Waals surface area (Å²) in [6.07, 6.45) is 1.02. The normalized spacial score (nSPS) is 12.4. The predicted octanol–water partition coefficient (Wildman–Crippen LogP) is 3.99. The molecule has 140 valence electrons. The van der Waals surface area contributed by atoms with E-state index in [9.17, 15) is 9.59 Å². The van der Waals surface area contributed by atoms with E-state index in [4.69, 9.17) is 14.2 Å². The van der Waals surface area contributed by atoms with E-state index >= 15 is 0 Å². The molecule has 1 atom stereocenters. The Bertz CT molecular complexity index is 565. The Morgan fingerprint density at radius 2 is 1.88 bits per heavy atom. The number of hydrogen-bond acceptors (Lipinski definition) is 5. The highest BCUT2D eigenvalue weighted by Crippen LogP contribution is 2.28. The lowest BCUT2D eigenvalue weighted by Crippen LogP contribution is -2.35. The van der Waals surface area contributed by atoms with Gasteiger partial charge in [0.15, 0.2) is 0 Å². The number of para-hydroxylation sites is 1. The molecule has 0 saturated carbocycles. The van der Waals surface area contributed by atoms with Crippen molar-refractivity contribution in [3.8, 4) is 5.75 Å². The van der Waals surface area contributed by atoms with E-state index in [0.29, 0.717) is 25.2 Å². The van der Waals surface area contributed by atoms with Gasteiger partial charge in [-0.2, -0.15) is 0 Å². The van der Waals surface area contributed by atoms with Crippen molar-refractivity contribution >= 4 is 12.1 Å². The molecule has 0 bridgehead atoms. The summed E-state index contributed by atoms with van der Waals surface area (Å²) in [5.41, 5.74) is 0.173. The van der Waals surface area contributed by atoms with Crippen LogP contribution in [0.1, 0.15) is 58.6 Å². The minimum absolute atomic E-state index is 0.276. The van der Waals surface area contributed by atoms with Crippen molar-refractivity contribution in [1.29, 1.82) is 0 Å². The molecule has 0 fully saturated rings. The van der Waals surface area contributed by atoms with E-state index in [0.717, 1.165) is 5.56 Å². The van der Waals surface area contributed by atoms with E-state index in [1.165, 1.54) is 0 Å². The molecule has 0 aromatic heterocycles. The monoisotopic (exact) mass is 351 g/mol. The van der Waals surface area contributed by atoms with Gasteiger partial charge in [-0.05, 0) is 39.7 Å². The zero-order valence-electron chi connectivity index (χ0n) is 15.8. The first-order valence-corrected chi connectivity index (χ1v) is 8.55. The highest BCUT2D eigenvalue weighted by atomic mass is 16.6. The molecule has 1 amide bonds. The fourth-order valence-corrected chi connectivity index (χ4v) is 2.25. The van der Waals surface area contributed by atoms with Crippen LogP contribution in [-0.2, 0) is 14.3 Å². The van der Waals surface area contributed by atoms with Gasteiger partial charge in [0.05, 0.1) is 6.04 Å². The van der Waals surface area contributed by atoms with E-state index in [-0.39, 0.29) is 18.4 Å². The fourth-order valence-electron chi connectivity index (χ4n) is 2.25. The second kappa shape index (κ2) is 10.0. The Morgan fingerprint density at radius 1 is 1.20 bits per heavy atom. The fraction of sp³-hybridized carbons (Fsp3) is 0.579. The lowest BCUT2D eigenvalue weighted by atomic mass is 10.0. The molecule has 1 aromatic carbocycles. The van der Waals surface area contributed by atoms with Gasteiger partial charge < -0.3 is 19.5 Å². The topological polar surface area (TPSA) is 73.9 Å². The van der Waals surface area contributed by atoms with E-state index in [1.54, 1.807) is 19.2 Å². The van der Waals surface area contributed by atoms with Crippen molar-refractivity contribution in [3.05, 3.63) is 29.8 Å². The van der Waals surface area contributed by atoms with Gasteiger partial charge >= 0.3 is 12.1 Å². The Balaban J connectivity index is 2.81. The summed E-state index contributed by atoms with van der Waals surface area (Å²) >= 11 is 0. The van der Waals surface area contributed by atoms with Gasteiger partial charge in [-0.1, -0.05) is 25.1 Å². The second-order valence-corrected chi connectivity index (χ2v) is 6.72. The summed E-state index contributed by atoms with van der Waals surface area (Å²) in [5, 5.41) is 2.83. The van der Waals surface area contributed by atoms with Crippen LogP contribution in [0.4, 0.5) is 4.79 Å². The number of carbonyl (C=O) groups is 2. The molecule has 0 unspecified atom stereocenters. The zero-order valence-corrected chi connectivity index (χ0v) is 15.8. The number of methoxy groups -OCH3 is 1. The van der Waals surface area contributed by atoms with Crippen molar-refractivity contribution in [3.63, 3.8) is 0 Å². The van der Waals surface area contributed by atoms with Crippen molar-refractivity contribution < 1.29 is 23.8 Å². The number of hydrogen-bond donors (Lipinski definition) is 1. The van der Waals surface area contributed by atoms with Gasteiger partial charge in [0, 0.05) is 25.7 Å². The lowest BCUT2D eigenvalue weighted by Gasteiger charge is -2.24. The van der Waals surface area contributed by atoms with Crippen molar-refractivity contribution in [1.82, 2.24) is 5.32 Å². The third kappa shape index (κ3) is 8.03. The highest BCUT2D eigenvalue weighted by Gasteiger charge is 2.22. The quantitative estimate of drug-likeness (QED) is 0.435. The number of esters is 1. The predicted molar refractivity (Wildman–Crippen MR) is 95.6 cm³/mol. The Hall–Kier alpha value is -2.08. The second-order valence-electron chi connectivity index (χ2n) is 6.72. The van der Waals surface area contributed by atoms with Crippen LogP contribution in [0.15, 0.2) is 24.3 Å². The number of alkyl carbamates (subject to hydrolysis) is 1. The van der Waals surface area contributed by atoms with Crippen molar-refractivity contribution in [2.24, 2.45) is 0 Å². The number of rotatable bonds is 8. The Labute approximate surface area is 149 Å². The molecule has 0 spiro atoms. The standard InChI is InChI=1S/C19H29NO5/c1-6-15(20-18(22)25-19(2,3)4)14-10-7-8-11-16(14)24-17(21)12-9-13-23-5/h7-8,10-11,15H,6,9,12-13H2,1-5H3,(H,20,22)/t15-/m0/s1. The van der Waals surface area contributed by atoms with Gasteiger partial charge in [-0.3, -0.25) is 4.79 Å². The molecule has 1 aromatic rings. The van der Waals surface area contributed by atoms with Crippen molar-refractivity contribution in [2.75, 3.05) is 13.7 Å². The lowest BCUT2D eigenvalue weighted by molar-refractivity contribution is -0.134. The molecular weight excluding hydrogens is 322 g/mol. The van der Waals surface area contributed by atoms with E-state index in [1.807, 2.05) is 39.8 Å². The van der Waals surface area contributed by atoms with Gasteiger partial charge in [0.25, 0.3) is 0 Å². The summed E-state index contributed by atoms with van der Waals surface area (Å²) in [6, 6.07) is 6.89. The first-order chi connectivity index (χ1) is 11.8. The summed E-state index contributed by atoms with van der Waals surface area (Å²) in [5.74, 6) is 0.129. The number of benzene rings is 1. The molecule has 1 rings (SSSR count). The van der Waals surface area contributed by atoms with E-state index in [2.05, 4.69) is 5.32 Å². The third-order valence-electron chi connectivity index (χ3n) is 3.35. The molecule has 0 saturated heterocycles. The smallest absolute Gasteiger partial charge is 0.408 e. The van der Waals surface area contributed by atoms with Crippen LogP contribution in [0.3, 0.4) is 0 Å². The Morgan fingerprint density at radius 3 is 2.48 bits per heavy atom. The minimum Gasteiger partial charge on any atom is -0.444 e. The maximum Gasteiger partial charge on any atom is 0.408 e. The average molecular weight is 351 g/mol. The zero-order chi connectivity index (χ0) is 18.9. The maximum atomic E-state index is 12.1. The SMILES string of the molecule is CC[C@H](NC(=O)OC(C)(C)C)c1ccccc1OC(=O)CCCOC. The summed E-state index contributed by atoms with van der Waals surface area (Å²) in [7, 11) is 1.59. The average Bonchev–Trinajstić information content (AvgIpc) is 2.52. The van der Waals surface area contributed by atoms with Crippen molar-refractivity contribution in [2.45, 2.75) is 58.6 Å². The van der Waals surface area contributed by atoms with Crippen LogP contribution in [0.2, 0.25) is 0 Å². The number of nitrogens with one attached hydrogen (secondary N) is 1. The highest BCUT2D eigenvalue weighted by molar-refractivity contribution is 5.73. The number of ether oxygens (including phenoxy) is 3. The van der Waals surface area contributed by atoms with E-state index < -0.39 is 11.7 Å². The van der Waals surface area contributed by atoms with Crippen LogP contribution in [0, 0.1) is 0 Å². The third-order valence-corrected chi connectivity index (χ3v) is 3.35.